The summed E-state index contributed by atoms with van der Waals surface area (Å²) >= 11 is 4.82. The number of nitrogens with one attached hydrogen (secondary N) is 1. The van der Waals surface area contributed by atoms with E-state index in [9.17, 15) is 9.59 Å². The quantitative estimate of drug-likeness (QED) is 0.164. The van der Waals surface area contributed by atoms with Gasteiger partial charge in [-0.2, -0.15) is 0 Å². The van der Waals surface area contributed by atoms with E-state index >= 15 is 0 Å². The first kappa shape index (κ1) is 32.4. The monoisotopic (exact) mass is 693 g/mol. The first-order chi connectivity index (χ1) is 21.9. The molecular weight excluding hydrogens is 658 g/mol. The van der Waals surface area contributed by atoms with E-state index in [0.29, 0.717) is 60.2 Å². The number of thioether (sulfide) groups is 1. The molecule has 236 valence electrons. The molecule has 1 aromatic heterocycles. The normalized spacial score (nSPS) is 12.4. The lowest BCUT2D eigenvalue weighted by atomic mass is 10.0. The van der Waals surface area contributed by atoms with Gasteiger partial charge in [-0.1, -0.05) is 45.9 Å². The zero-order valence-corrected chi connectivity index (χ0v) is 27.9. The van der Waals surface area contributed by atoms with Gasteiger partial charge in [-0.15, -0.1) is 10.2 Å². The van der Waals surface area contributed by atoms with Crippen molar-refractivity contribution in [1.29, 1.82) is 0 Å². The third-order valence-electron chi connectivity index (χ3n) is 7.10. The number of benzene rings is 3. The van der Waals surface area contributed by atoms with Crippen LogP contribution in [0.25, 0.3) is 5.69 Å². The van der Waals surface area contributed by atoms with E-state index in [-0.39, 0.29) is 24.1 Å². The topological polar surface area (TPSA) is 108 Å². The van der Waals surface area contributed by atoms with Crippen LogP contribution in [0.4, 0.5) is 5.69 Å². The molecule has 12 heteroatoms. The Morgan fingerprint density at radius 1 is 0.933 bits per heavy atom. The van der Waals surface area contributed by atoms with Crippen molar-refractivity contribution in [2.24, 2.45) is 0 Å². The van der Waals surface area contributed by atoms with Crippen molar-refractivity contribution in [3.8, 4) is 22.9 Å². The summed E-state index contributed by atoms with van der Waals surface area (Å²) in [4.78, 5) is 28.6. The van der Waals surface area contributed by atoms with Crippen molar-refractivity contribution in [2.45, 2.75) is 45.3 Å². The number of hydrogen-bond donors (Lipinski definition) is 1. The Morgan fingerprint density at radius 3 is 2.31 bits per heavy atom. The molecule has 1 aliphatic heterocycles. The second kappa shape index (κ2) is 15.3. The number of carbonyl (C=O) groups excluding carboxylic acids is 2. The Balaban J connectivity index is 1.36. The molecule has 5 rings (SSSR count). The van der Waals surface area contributed by atoms with Crippen LogP contribution in [0.2, 0.25) is 0 Å². The highest BCUT2D eigenvalue weighted by molar-refractivity contribution is 9.10. The van der Waals surface area contributed by atoms with Crippen molar-refractivity contribution in [2.75, 3.05) is 37.0 Å². The highest BCUT2D eigenvalue weighted by atomic mass is 79.9. The first-order valence-electron chi connectivity index (χ1n) is 15.0. The number of ether oxygens (including phenoxy) is 3. The Morgan fingerprint density at radius 2 is 1.62 bits per heavy atom. The van der Waals surface area contributed by atoms with Crippen molar-refractivity contribution in [3.63, 3.8) is 0 Å². The highest BCUT2D eigenvalue weighted by Gasteiger charge is 2.24. The molecule has 3 aromatic carbocycles. The van der Waals surface area contributed by atoms with Gasteiger partial charge in [0.15, 0.2) is 22.5 Å². The number of halogens is 1. The number of nitrogens with zero attached hydrogens (tertiary/aromatic N) is 4. The number of fused-ring (bicyclic) bond motifs is 1. The minimum atomic E-state index is -0.335. The minimum absolute atomic E-state index is 0.0121. The summed E-state index contributed by atoms with van der Waals surface area (Å²) in [7, 11) is 0. The van der Waals surface area contributed by atoms with Crippen molar-refractivity contribution in [3.05, 3.63) is 82.1 Å². The molecule has 0 unspecified atom stereocenters. The first-order valence-corrected chi connectivity index (χ1v) is 16.8. The van der Waals surface area contributed by atoms with Gasteiger partial charge in [-0.3, -0.25) is 14.2 Å². The zero-order chi connectivity index (χ0) is 31.8. The molecule has 2 heterocycles. The van der Waals surface area contributed by atoms with Crippen molar-refractivity contribution in [1.82, 2.24) is 20.1 Å². The van der Waals surface area contributed by atoms with Crippen LogP contribution in [0.1, 0.15) is 48.9 Å². The summed E-state index contributed by atoms with van der Waals surface area (Å²) in [6.45, 7) is 7.63. The van der Waals surface area contributed by atoms with Crippen LogP contribution in [0.3, 0.4) is 0 Å². The third kappa shape index (κ3) is 7.62. The Bertz CT molecular complexity index is 1620. The van der Waals surface area contributed by atoms with Gasteiger partial charge in [0.1, 0.15) is 0 Å². The van der Waals surface area contributed by atoms with Crippen LogP contribution >= 0.6 is 27.7 Å². The largest absolute Gasteiger partial charge is 0.490 e. The molecule has 0 radical (unpaired) electrons. The van der Waals surface area contributed by atoms with Crippen LogP contribution in [-0.2, 0) is 17.8 Å². The Labute approximate surface area is 275 Å². The predicted octanol–water partition coefficient (Wildman–Crippen LogP) is 6.23. The van der Waals surface area contributed by atoms with E-state index < -0.39 is 0 Å². The lowest BCUT2D eigenvalue weighted by Gasteiger charge is -2.29. The molecule has 4 aromatic rings. The molecule has 0 saturated carbocycles. The van der Waals surface area contributed by atoms with Crippen LogP contribution in [0.15, 0.2) is 70.3 Å². The highest BCUT2D eigenvalue weighted by Crippen LogP contribution is 2.39. The molecule has 1 N–H and O–H groups in total. The van der Waals surface area contributed by atoms with Crippen LogP contribution in [-0.4, -0.2) is 58.7 Å². The summed E-state index contributed by atoms with van der Waals surface area (Å²) in [5.74, 6) is 1.74. The number of anilines is 1. The Hall–Kier alpha value is -4.03. The maximum absolute atomic E-state index is 13.4. The molecule has 0 fully saturated rings. The van der Waals surface area contributed by atoms with E-state index in [1.807, 2.05) is 72.7 Å². The molecular formula is C33H36BrN5O5S. The number of hydrogen-bond acceptors (Lipinski definition) is 8. The van der Waals surface area contributed by atoms with Crippen molar-refractivity contribution < 1.29 is 23.8 Å². The van der Waals surface area contributed by atoms with Crippen molar-refractivity contribution >= 4 is 45.2 Å². The molecule has 0 atom stereocenters. The van der Waals surface area contributed by atoms with E-state index in [2.05, 4.69) is 37.5 Å². The smallest absolute Gasteiger partial charge is 0.251 e. The third-order valence-corrected chi connectivity index (χ3v) is 8.54. The lowest BCUT2D eigenvalue weighted by Crippen LogP contribution is -2.36. The van der Waals surface area contributed by atoms with Crippen LogP contribution in [0, 0.1) is 0 Å². The van der Waals surface area contributed by atoms with Gasteiger partial charge in [-0.25, -0.2) is 0 Å². The molecule has 0 aliphatic carbocycles. The molecule has 2 amide bonds. The molecule has 10 nitrogen and oxygen atoms in total. The average Bonchev–Trinajstić information content (AvgIpc) is 3.46. The fourth-order valence-electron chi connectivity index (χ4n) is 5.14. The molecule has 45 heavy (non-hydrogen) atoms. The predicted molar refractivity (Wildman–Crippen MR) is 178 cm³/mol. The van der Waals surface area contributed by atoms with Gasteiger partial charge in [-0.05, 0) is 81.6 Å². The van der Waals surface area contributed by atoms with Gasteiger partial charge in [0.05, 0.1) is 32.1 Å². The molecule has 0 spiro atoms. The summed E-state index contributed by atoms with van der Waals surface area (Å²) in [6, 6.07) is 19.1. The zero-order valence-electron chi connectivity index (χ0n) is 25.5. The minimum Gasteiger partial charge on any atom is -0.490 e. The summed E-state index contributed by atoms with van der Waals surface area (Å²) in [5.41, 5.74) is 3.33. The maximum atomic E-state index is 13.4. The second-order valence-electron chi connectivity index (χ2n) is 10.1. The summed E-state index contributed by atoms with van der Waals surface area (Å²) in [6.07, 6.45) is 1.90. The van der Waals surface area contributed by atoms with Gasteiger partial charge in [0.2, 0.25) is 11.7 Å². The number of amides is 2. The fourth-order valence-corrected chi connectivity index (χ4v) is 6.25. The van der Waals surface area contributed by atoms with Crippen LogP contribution < -0.4 is 24.4 Å². The number of aromatic nitrogens is 3. The number of para-hydroxylation sites is 1. The second-order valence-corrected chi connectivity index (χ2v) is 11.9. The number of aryl methyl sites for hydroxylation is 1. The van der Waals surface area contributed by atoms with E-state index in [4.69, 9.17) is 14.2 Å². The summed E-state index contributed by atoms with van der Waals surface area (Å²) in [5, 5.41) is 12.3. The average molecular weight is 695 g/mol. The van der Waals surface area contributed by atoms with Gasteiger partial charge in [0.25, 0.3) is 5.91 Å². The van der Waals surface area contributed by atoms with E-state index in [0.717, 1.165) is 28.7 Å². The summed E-state index contributed by atoms with van der Waals surface area (Å²) < 4.78 is 20.1. The maximum Gasteiger partial charge on any atom is 0.251 e. The molecule has 0 saturated heterocycles. The fraction of sp³-hybridized carbons (Fsp3) is 0.333. The number of carbonyl (C=O) groups is 2. The van der Waals surface area contributed by atoms with Gasteiger partial charge < -0.3 is 24.4 Å². The van der Waals surface area contributed by atoms with Crippen LogP contribution in [0.5, 0.6) is 17.2 Å². The van der Waals surface area contributed by atoms with E-state index in [1.165, 1.54) is 17.3 Å². The van der Waals surface area contributed by atoms with Gasteiger partial charge in [0, 0.05) is 28.0 Å². The SMILES string of the molecule is CCOc1cc(C(=O)NCc2nnc(SCC(=O)N3CCCc4ccccc43)n2-c2ccc(Br)cc2)cc(OCC)c1OCC. The number of rotatable bonds is 13. The standard InChI is InChI=1S/C33H36BrN5O5S/c1-4-42-27-18-23(19-28(43-5-2)31(27)44-6-3)32(41)35-20-29-36-37-33(39(29)25-15-13-24(34)14-16-25)45-21-30(40)38-17-9-11-22-10-7-8-12-26(22)38/h7-8,10,12-16,18-19H,4-6,9,11,17,20-21H2,1-3H3,(H,35,41). The lowest BCUT2D eigenvalue weighted by molar-refractivity contribution is -0.116. The molecule has 0 bridgehead atoms. The Kier molecular flexibility index (Phi) is 11.0. The van der Waals surface area contributed by atoms with E-state index in [1.54, 1.807) is 12.1 Å². The van der Waals surface area contributed by atoms with Gasteiger partial charge >= 0.3 is 0 Å². The molecule has 1 aliphatic rings.